The van der Waals surface area contributed by atoms with Crippen molar-refractivity contribution in [2.24, 2.45) is 0 Å². The van der Waals surface area contributed by atoms with E-state index < -0.39 is 12.0 Å². The summed E-state index contributed by atoms with van der Waals surface area (Å²) in [4.78, 5) is 14.1. The molecular formula is C27H29NO5. The molecule has 0 bridgehead atoms. The average molecular weight is 448 g/mol. The summed E-state index contributed by atoms with van der Waals surface area (Å²) in [6.45, 7) is 1.18. The molecule has 0 spiro atoms. The number of methoxy groups -OCH3 is 2. The topological polar surface area (TPSA) is 68.2 Å². The summed E-state index contributed by atoms with van der Waals surface area (Å²) < 4.78 is 17.1. The fraction of sp³-hybridized carbons (Fsp3) is 0.296. The van der Waals surface area contributed by atoms with E-state index in [1.165, 1.54) is 0 Å². The molecule has 1 N–H and O–H groups in total. The maximum Gasteiger partial charge on any atom is 0.320 e. The van der Waals surface area contributed by atoms with Crippen molar-refractivity contribution in [1.29, 1.82) is 0 Å². The van der Waals surface area contributed by atoms with E-state index in [1.807, 2.05) is 77.7 Å². The van der Waals surface area contributed by atoms with E-state index >= 15 is 0 Å². The van der Waals surface area contributed by atoms with Gasteiger partial charge < -0.3 is 19.3 Å². The predicted molar refractivity (Wildman–Crippen MR) is 126 cm³/mol. The molecule has 3 aromatic carbocycles. The molecule has 6 nitrogen and oxygen atoms in total. The lowest BCUT2D eigenvalue weighted by Crippen LogP contribution is -2.39. The number of likely N-dealkylation sites (tertiary alicyclic amines) is 1. The van der Waals surface area contributed by atoms with Gasteiger partial charge in [0.1, 0.15) is 29.9 Å². The molecule has 6 heteroatoms. The molecule has 1 aliphatic rings. The third kappa shape index (κ3) is 5.12. The molecule has 0 aromatic heterocycles. The van der Waals surface area contributed by atoms with Gasteiger partial charge in [-0.15, -0.1) is 0 Å². The number of hydrogen-bond acceptors (Lipinski definition) is 5. The van der Waals surface area contributed by atoms with E-state index in [2.05, 4.69) is 0 Å². The average Bonchev–Trinajstić information content (AvgIpc) is 3.34. The Hall–Kier alpha value is -3.51. The van der Waals surface area contributed by atoms with Gasteiger partial charge >= 0.3 is 5.97 Å². The second-order valence-electron chi connectivity index (χ2n) is 8.09. The normalized spacial score (nSPS) is 16.8. The Morgan fingerprint density at radius 2 is 1.73 bits per heavy atom. The fourth-order valence-electron chi connectivity index (χ4n) is 4.45. The largest absolute Gasteiger partial charge is 0.497 e. The summed E-state index contributed by atoms with van der Waals surface area (Å²) >= 11 is 0. The quantitative estimate of drug-likeness (QED) is 0.502. The lowest BCUT2D eigenvalue weighted by Gasteiger charge is -2.33. The van der Waals surface area contributed by atoms with Gasteiger partial charge in [-0.2, -0.15) is 0 Å². The van der Waals surface area contributed by atoms with E-state index in [4.69, 9.17) is 14.2 Å². The lowest BCUT2D eigenvalue weighted by atomic mass is 9.95. The van der Waals surface area contributed by atoms with Crippen LogP contribution in [0.4, 0.5) is 0 Å². The van der Waals surface area contributed by atoms with Crippen LogP contribution in [0, 0.1) is 0 Å². The highest BCUT2D eigenvalue weighted by Crippen LogP contribution is 2.41. The van der Waals surface area contributed by atoms with Crippen molar-refractivity contribution in [3.8, 4) is 17.2 Å². The molecule has 1 saturated heterocycles. The molecule has 1 heterocycles. The van der Waals surface area contributed by atoms with Crippen LogP contribution in [0.5, 0.6) is 17.2 Å². The number of carboxylic acids is 1. The van der Waals surface area contributed by atoms with E-state index in [0.29, 0.717) is 31.1 Å². The Labute approximate surface area is 194 Å². The monoisotopic (exact) mass is 447 g/mol. The molecule has 33 heavy (non-hydrogen) atoms. The minimum absolute atomic E-state index is 0.290. The zero-order valence-electron chi connectivity index (χ0n) is 18.9. The molecule has 2 unspecified atom stereocenters. The number of hydrogen-bond donors (Lipinski definition) is 1. The Balaban J connectivity index is 1.67. The van der Waals surface area contributed by atoms with Crippen LogP contribution in [0.1, 0.15) is 35.6 Å². The molecule has 3 aromatic rings. The number of nitrogens with zero attached hydrogens (tertiary/aromatic N) is 1. The van der Waals surface area contributed by atoms with Crippen molar-refractivity contribution in [3.63, 3.8) is 0 Å². The van der Waals surface area contributed by atoms with Crippen LogP contribution in [0.2, 0.25) is 0 Å². The van der Waals surface area contributed by atoms with Gasteiger partial charge in [0.25, 0.3) is 0 Å². The van der Waals surface area contributed by atoms with Gasteiger partial charge in [-0.05, 0) is 54.3 Å². The fourth-order valence-corrected chi connectivity index (χ4v) is 4.45. The van der Waals surface area contributed by atoms with Gasteiger partial charge in [0.15, 0.2) is 0 Å². The third-order valence-corrected chi connectivity index (χ3v) is 6.09. The number of rotatable bonds is 9. The van der Waals surface area contributed by atoms with E-state index in [1.54, 1.807) is 14.2 Å². The van der Waals surface area contributed by atoms with E-state index in [0.717, 1.165) is 28.9 Å². The van der Waals surface area contributed by atoms with Gasteiger partial charge in [0.2, 0.25) is 0 Å². The Kier molecular flexibility index (Phi) is 7.15. The van der Waals surface area contributed by atoms with Crippen LogP contribution in [-0.2, 0) is 11.4 Å². The SMILES string of the molecule is COc1ccc(OC)c(C(c2ccc(OCc3ccccc3)cc2)N2CCCC2C(=O)O)c1. The molecule has 172 valence electrons. The van der Waals surface area contributed by atoms with Crippen LogP contribution in [0.15, 0.2) is 72.8 Å². The highest BCUT2D eigenvalue weighted by atomic mass is 16.5. The summed E-state index contributed by atoms with van der Waals surface area (Å²) in [6.07, 6.45) is 1.45. The molecule has 4 rings (SSSR count). The summed E-state index contributed by atoms with van der Waals surface area (Å²) in [5, 5.41) is 9.86. The van der Waals surface area contributed by atoms with Crippen molar-refractivity contribution in [2.75, 3.05) is 20.8 Å². The minimum Gasteiger partial charge on any atom is -0.497 e. The van der Waals surface area contributed by atoms with Crippen molar-refractivity contribution >= 4 is 5.97 Å². The van der Waals surface area contributed by atoms with Crippen LogP contribution < -0.4 is 14.2 Å². The third-order valence-electron chi connectivity index (χ3n) is 6.09. The first kappa shape index (κ1) is 22.7. The number of benzene rings is 3. The first-order valence-corrected chi connectivity index (χ1v) is 11.1. The van der Waals surface area contributed by atoms with Crippen molar-refractivity contribution in [3.05, 3.63) is 89.5 Å². The first-order valence-electron chi connectivity index (χ1n) is 11.1. The summed E-state index contributed by atoms with van der Waals surface area (Å²) in [5.41, 5.74) is 2.95. The zero-order valence-corrected chi connectivity index (χ0v) is 18.9. The van der Waals surface area contributed by atoms with E-state index in [-0.39, 0.29) is 6.04 Å². The van der Waals surface area contributed by atoms with Gasteiger partial charge in [-0.3, -0.25) is 9.69 Å². The van der Waals surface area contributed by atoms with Gasteiger partial charge in [-0.25, -0.2) is 0 Å². The summed E-state index contributed by atoms with van der Waals surface area (Å²) in [7, 11) is 3.25. The maximum atomic E-state index is 12.0. The van der Waals surface area contributed by atoms with Gasteiger partial charge in [0.05, 0.1) is 20.3 Å². The van der Waals surface area contributed by atoms with Crippen LogP contribution in [-0.4, -0.2) is 42.8 Å². The first-order chi connectivity index (χ1) is 16.1. The Morgan fingerprint density at radius 1 is 1.00 bits per heavy atom. The van der Waals surface area contributed by atoms with Crippen LogP contribution in [0.25, 0.3) is 0 Å². The highest BCUT2D eigenvalue weighted by molar-refractivity contribution is 5.74. The molecule has 2 atom stereocenters. The molecule has 1 fully saturated rings. The standard InChI is InChI=1S/C27H29NO5/c1-31-22-14-15-25(32-2)23(17-22)26(28-16-6-9-24(28)27(29)30)20-10-12-21(13-11-20)33-18-19-7-4-3-5-8-19/h3-5,7-8,10-15,17,24,26H,6,9,16,18H2,1-2H3,(H,29,30). The van der Waals surface area contributed by atoms with Gasteiger partial charge in [0, 0.05) is 12.1 Å². The van der Waals surface area contributed by atoms with E-state index in [9.17, 15) is 9.90 Å². The van der Waals surface area contributed by atoms with Crippen LogP contribution in [0.3, 0.4) is 0 Å². The summed E-state index contributed by atoms with van der Waals surface area (Å²) in [6, 6.07) is 22.7. The van der Waals surface area contributed by atoms with Crippen molar-refractivity contribution < 1.29 is 24.1 Å². The zero-order chi connectivity index (χ0) is 23.2. The molecular weight excluding hydrogens is 418 g/mol. The number of ether oxygens (including phenoxy) is 3. The molecule has 1 aliphatic heterocycles. The number of carboxylic acid groups (broad SMARTS) is 1. The second kappa shape index (κ2) is 10.4. The molecule has 0 saturated carbocycles. The van der Waals surface area contributed by atoms with Crippen LogP contribution >= 0.6 is 0 Å². The Morgan fingerprint density at radius 3 is 2.39 bits per heavy atom. The highest BCUT2D eigenvalue weighted by Gasteiger charge is 2.38. The molecule has 0 amide bonds. The molecule has 0 radical (unpaired) electrons. The van der Waals surface area contributed by atoms with Crippen molar-refractivity contribution in [1.82, 2.24) is 4.90 Å². The summed E-state index contributed by atoms with van der Waals surface area (Å²) in [5.74, 6) is 1.35. The maximum absolute atomic E-state index is 12.0. The van der Waals surface area contributed by atoms with Crippen molar-refractivity contribution in [2.45, 2.75) is 31.5 Å². The number of carbonyl (C=O) groups is 1. The number of aliphatic carboxylic acids is 1. The Bertz CT molecular complexity index is 1070. The second-order valence-corrected chi connectivity index (χ2v) is 8.09. The van der Waals surface area contributed by atoms with Gasteiger partial charge in [-0.1, -0.05) is 42.5 Å². The molecule has 0 aliphatic carbocycles. The smallest absolute Gasteiger partial charge is 0.320 e. The minimum atomic E-state index is -0.804. The lowest BCUT2D eigenvalue weighted by molar-refractivity contribution is -0.142. The predicted octanol–water partition coefficient (Wildman–Crippen LogP) is 4.92.